The molecule has 0 aliphatic carbocycles. The smallest absolute Gasteiger partial charge is 0.188 e. The lowest BCUT2D eigenvalue weighted by molar-refractivity contribution is -0.135. The summed E-state index contributed by atoms with van der Waals surface area (Å²) in [4.78, 5) is 12.0. The largest absolute Gasteiger partial charge is 0.493 e. The van der Waals surface area contributed by atoms with Gasteiger partial charge in [0.15, 0.2) is 6.35 Å². The molecule has 0 saturated carbocycles. The van der Waals surface area contributed by atoms with E-state index in [1.165, 1.54) is 6.26 Å². The number of benzene rings is 3. The number of hydrogen-bond donors (Lipinski definition) is 1. The van der Waals surface area contributed by atoms with Crippen molar-refractivity contribution in [1.82, 2.24) is 14.7 Å². The molecule has 1 unspecified atom stereocenters. The summed E-state index contributed by atoms with van der Waals surface area (Å²) in [6, 6.07) is 21.9. The zero-order valence-electron chi connectivity index (χ0n) is 29.7. The molecule has 3 aromatic carbocycles. The number of aliphatic hydroxyl groups is 1. The van der Waals surface area contributed by atoms with E-state index in [2.05, 4.69) is 67.5 Å². The predicted octanol–water partition coefficient (Wildman–Crippen LogP) is 6.91. The third kappa shape index (κ3) is 7.82. The fraction of sp³-hybridized carbons (Fsp3) is 0.500. The molecule has 266 valence electrons. The minimum absolute atomic E-state index is 0.0995. The normalized spacial score (nSPS) is 23.1. The molecule has 2 aliphatic heterocycles. The zero-order chi connectivity index (χ0) is 35.8. The van der Waals surface area contributed by atoms with E-state index in [1.807, 2.05) is 55.5 Å². The molecule has 1 saturated heterocycles. The van der Waals surface area contributed by atoms with E-state index in [4.69, 9.17) is 32.9 Å². The van der Waals surface area contributed by atoms with Gasteiger partial charge >= 0.3 is 0 Å². The highest BCUT2D eigenvalue weighted by molar-refractivity contribution is 7.90. The fourth-order valence-corrected chi connectivity index (χ4v) is 7.95. The van der Waals surface area contributed by atoms with Gasteiger partial charge in [0.2, 0.25) is 0 Å². The van der Waals surface area contributed by atoms with Crippen LogP contribution in [0.1, 0.15) is 70.2 Å². The van der Waals surface area contributed by atoms with Gasteiger partial charge in [-0.05, 0) is 92.2 Å². The van der Waals surface area contributed by atoms with Gasteiger partial charge in [-0.25, -0.2) is 8.42 Å². The fourth-order valence-electron chi connectivity index (χ4n) is 7.05. The summed E-state index contributed by atoms with van der Waals surface area (Å²) in [6.45, 7) is 16.5. The van der Waals surface area contributed by atoms with E-state index in [0.29, 0.717) is 67.4 Å². The highest BCUT2D eigenvalue weighted by atomic mass is 35.5. The molecule has 5 rings (SSSR count). The van der Waals surface area contributed by atoms with Gasteiger partial charge in [-0.3, -0.25) is 9.89 Å². The highest BCUT2D eigenvalue weighted by Gasteiger charge is 2.60. The molecular formula is C38H50Cl2N4O4S. The molecule has 1 fully saturated rings. The predicted molar refractivity (Wildman–Crippen MR) is 201 cm³/mol. The second kappa shape index (κ2) is 14.5. The Morgan fingerprint density at radius 3 is 2.02 bits per heavy atom. The number of halogens is 2. The number of sulfone groups is 1. The Morgan fingerprint density at radius 1 is 0.918 bits per heavy atom. The Labute approximate surface area is 302 Å². The highest BCUT2D eigenvalue weighted by Crippen LogP contribution is 2.54. The number of aliphatic hydroxyl groups excluding tert-OH is 1. The van der Waals surface area contributed by atoms with E-state index in [9.17, 15) is 13.5 Å². The van der Waals surface area contributed by atoms with Crippen LogP contribution in [-0.2, 0) is 26.3 Å². The Bertz CT molecular complexity index is 1750. The summed E-state index contributed by atoms with van der Waals surface area (Å²) in [5.41, 5.74) is 1.93. The lowest BCUT2D eigenvalue weighted by Gasteiger charge is -2.51. The molecule has 0 bridgehead atoms. The molecule has 0 amide bonds. The van der Waals surface area contributed by atoms with E-state index >= 15 is 0 Å². The van der Waals surface area contributed by atoms with Gasteiger partial charge in [0.25, 0.3) is 0 Å². The van der Waals surface area contributed by atoms with Crippen molar-refractivity contribution in [2.24, 2.45) is 4.99 Å². The summed E-state index contributed by atoms with van der Waals surface area (Å²) < 4.78 is 29.7. The Hall–Kier alpha value is -2.66. The van der Waals surface area contributed by atoms with Crippen LogP contribution in [0, 0.1) is 0 Å². The molecule has 0 aromatic heterocycles. The van der Waals surface area contributed by atoms with Crippen molar-refractivity contribution in [2.45, 2.75) is 70.8 Å². The number of aliphatic imine (C=N–C) groups is 1. The minimum Gasteiger partial charge on any atom is -0.493 e. The molecule has 0 radical (unpaired) electrons. The van der Waals surface area contributed by atoms with Crippen LogP contribution in [0.4, 0.5) is 0 Å². The van der Waals surface area contributed by atoms with Crippen molar-refractivity contribution in [2.75, 3.05) is 51.3 Å². The molecule has 0 spiro atoms. The number of amidine groups is 1. The van der Waals surface area contributed by atoms with Crippen LogP contribution in [0.15, 0.2) is 71.7 Å². The number of piperazine rings is 1. The van der Waals surface area contributed by atoms with E-state index < -0.39 is 27.3 Å². The van der Waals surface area contributed by atoms with E-state index in [0.717, 1.165) is 22.3 Å². The van der Waals surface area contributed by atoms with Crippen molar-refractivity contribution < 1.29 is 18.3 Å². The average molecular weight is 730 g/mol. The second-order valence-corrected chi connectivity index (χ2v) is 17.7. The molecule has 8 nitrogen and oxygen atoms in total. The standard InChI is InChI=1S/C38H50Cl2N4O4S/c1-8-48-33-26-29(36(2,3)4)14-19-32(33)34-41-37(5,27-10-15-30(39)16-11-27)38(6,28-12-17-31(40)18-13-28)44(34)35(45)43-23-21-42(22-24-43)20-9-25-49(7,46)47/h10-19,26,35,45H,8-9,20-25H2,1-7H3/t35?,37-,38+/m0/s1. The van der Waals surface area contributed by atoms with Gasteiger partial charge in [-0.15, -0.1) is 0 Å². The molecule has 1 N–H and O–H groups in total. The van der Waals surface area contributed by atoms with Crippen LogP contribution in [0.5, 0.6) is 5.75 Å². The van der Waals surface area contributed by atoms with Gasteiger partial charge in [-0.2, -0.15) is 0 Å². The topological polar surface area (TPSA) is 85.7 Å². The van der Waals surface area contributed by atoms with E-state index in [-0.39, 0.29) is 11.2 Å². The van der Waals surface area contributed by atoms with Crippen LogP contribution in [0.25, 0.3) is 0 Å². The summed E-state index contributed by atoms with van der Waals surface area (Å²) in [6.07, 6.45) is 0.812. The van der Waals surface area contributed by atoms with Gasteiger partial charge in [0.05, 0.1) is 23.5 Å². The molecule has 49 heavy (non-hydrogen) atoms. The van der Waals surface area contributed by atoms with E-state index in [1.54, 1.807) is 0 Å². The third-order valence-corrected chi connectivity index (χ3v) is 11.7. The summed E-state index contributed by atoms with van der Waals surface area (Å²) in [5.74, 6) is 1.50. The first-order valence-electron chi connectivity index (χ1n) is 17.0. The SMILES string of the molecule is CCOc1cc(C(C)(C)C)ccc1C1=N[C@@](C)(c2ccc(Cl)cc2)[C@@](C)(c2ccc(Cl)cc2)N1C(O)N1CCN(CCCS(C)(=O)=O)CC1. The first-order valence-corrected chi connectivity index (χ1v) is 19.8. The minimum atomic E-state index is -3.01. The first kappa shape index (κ1) is 37.6. The first-order chi connectivity index (χ1) is 23.0. The van der Waals surface area contributed by atoms with Crippen molar-refractivity contribution in [1.29, 1.82) is 0 Å². The summed E-state index contributed by atoms with van der Waals surface area (Å²) in [7, 11) is -3.01. The van der Waals surface area contributed by atoms with Gasteiger partial charge in [0.1, 0.15) is 27.0 Å². The molecule has 2 aliphatic rings. The molecule has 11 heteroatoms. The quantitative estimate of drug-likeness (QED) is 0.230. The maximum Gasteiger partial charge on any atom is 0.188 e. The van der Waals surface area contributed by atoms with Gasteiger partial charge in [0, 0.05) is 42.5 Å². The molecular weight excluding hydrogens is 679 g/mol. The van der Waals surface area contributed by atoms with Crippen molar-refractivity contribution in [3.63, 3.8) is 0 Å². The van der Waals surface area contributed by atoms with Crippen LogP contribution in [0.3, 0.4) is 0 Å². The van der Waals surface area contributed by atoms with Crippen LogP contribution in [-0.4, -0.2) is 91.8 Å². The molecule has 3 atom stereocenters. The number of ether oxygens (including phenoxy) is 1. The Kier molecular flexibility index (Phi) is 11.1. The second-order valence-electron chi connectivity index (χ2n) is 14.6. The Balaban J connectivity index is 1.64. The van der Waals surface area contributed by atoms with Gasteiger partial charge in [-0.1, -0.05) is 74.3 Å². The molecule has 2 heterocycles. The molecule has 3 aromatic rings. The maximum atomic E-state index is 12.6. The summed E-state index contributed by atoms with van der Waals surface area (Å²) >= 11 is 12.8. The maximum absolute atomic E-state index is 12.6. The van der Waals surface area contributed by atoms with Crippen LogP contribution < -0.4 is 4.74 Å². The van der Waals surface area contributed by atoms with Crippen LogP contribution in [0.2, 0.25) is 10.0 Å². The Morgan fingerprint density at radius 2 is 1.49 bits per heavy atom. The van der Waals surface area contributed by atoms with Crippen molar-refractivity contribution in [3.05, 3.63) is 99.0 Å². The monoisotopic (exact) mass is 728 g/mol. The van der Waals surface area contributed by atoms with Crippen LogP contribution >= 0.6 is 23.2 Å². The number of rotatable bonds is 11. The average Bonchev–Trinajstić information content (AvgIpc) is 3.28. The summed E-state index contributed by atoms with van der Waals surface area (Å²) in [5, 5.41) is 13.9. The van der Waals surface area contributed by atoms with Crippen molar-refractivity contribution in [3.8, 4) is 5.75 Å². The van der Waals surface area contributed by atoms with Gasteiger partial charge < -0.3 is 19.6 Å². The lowest BCUT2D eigenvalue weighted by atomic mass is 9.71. The lowest BCUT2D eigenvalue weighted by Crippen LogP contribution is -2.63. The number of nitrogens with zero attached hydrogens (tertiary/aromatic N) is 4. The third-order valence-electron chi connectivity index (χ3n) is 10.1. The number of hydrogen-bond acceptors (Lipinski definition) is 8. The zero-order valence-corrected chi connectivity index (χ0v) is 32.0. The van der Waals surface area contributed by atoms with Crippen molar-refractivity contribution >= 4 is 38.9 Å².